The fourth-order valence-electron chi connectivity index (χ4n) is 2.76. The van der Waals surface area contributed by atoms with Crippen LogP contribution in [-0.4, -0.2) is 37.4 Å². The van der Waals surface area contributed by atoms with Gasteiger partial charge in [-0.05, 0) is 38.8 Å². The molecule has 3 N–H and O–H groups in total. The Bertz CT molecular complexity index is 568. The zero-order valence-electron chi connectivity index (χ0n) is 13.7. The summed E-state index contributed by atoms with van der Waals surface area (Å²) in [6, 6.07) is 5.95. The van der Waals surface area contributed by atoms with Crippen molar-refractivity contribution >= 4 is 11.6 Å². The van der Waals surface area contributed by atoms with Gasteiger partial charge in [-0.15, -0.1) is 0 Å². The maximum absolute atomic E-state index is 6.00. The van der Waals surface area contributed by atoms with Crippen LogP contribution in [0.25, 0.3) is 0 Å². The molecule has 6 heteroatoms. The van der Waals surface area contributed by atoms with Crippen molar-refractivity contribution in [3.8, 4) is 11.5 Å². The van der Waals surface area contributed by atoms with Crippen LogP contribution in [0.15, 0.2) is 23.2 Å². The van der Waals surface area contributed by atoms with Gasteiger partial charge in [0.05, 0.1) is 31.5 Å². The number of nitrogens with one attached hydrogen (secondary N) is 1. The second-order valence-corrected chi connectivity index (χ2v) is 6.28. The second-order valence-electron chi connectivity index (χ2n) is 6.28. The van der Waals surface area contributed by atoms with Crippen molar-refractivity contribution in [2.45, 2.75) is 51.4 Å². The van der Waals surface area contributed by atoms with Gasteiger partial charge in [-0.2, -0.15) is 0 Å². The molecule has 0 bridgehead atoms. The largest absolute Gasteiger partial charge is 0.490 e. The van der Waals surface area contributed by atoms with Crippen LogP contribution < -0.4 is 20.5 Å². The minimum atomic E-state index is 0.242. The third-order valence-electron chi connectivity index (χ3n) is 3.88. The summed E-state index contributed by atoms with van der Waals surface area (Å²) in [6.07, 6.45) is 3.34. The molecule has 0 aromatic heterocycles. The van der Waals surface area contributed by atoms with Crippen molar-refractivity contribution in [1.82, 2.24) is 0 Å². The van der Waals surface area contributed by atoms with Crippen LogP contribution in [0.2, 0.25) is 0 Å². The number of ether oxygens (including phenoxy) is 3. The van der Waals surface area contributed by atoms with Crippen LogP contribution in [0, 0.1) is 0 Å². The zero-order chi connectivity index (χ0) is 16.2. The Morgan fingerprint density at radius 3 is 2.74 bits per heavy atom. The standard InChI is InChI=1S/C17H25N3O3/c1-11(2)23-14-8-13(9-14)20-17(18)19-12-4-5-15-16(10-12)22-7-3-6-21-15/h4-5,10-11,13-14H,3,6-9H2,1-2H3,(H3,18,19,20). The van der Waals surface area contributed by atoms with Gasteiger partial charge in [0.2, 0.25) is 0 Å². The number of hydrogen-bond acceptors (Lipinski definition) is 4. The first-order valence-electron chi connectivity index (χ1n) is 8.25. The molecular weight excluding hydrogens is 294 g/mol. The van der Waals surface area contributed by atoms with Gasteiger partial charge in [0.25, 0.3) is 0 Å². The average Bonchev–Trinajstić information content (AvgIpc) is 2.69. The molecule has 1 heterocycles. The van der Waals surface area contributed by atoms with Crippen LogP contribution in [0.4, 0.5) is 5.69 Å². The lowest BCUT2D eigenvalue weighted by molar-refractivity contribution is -0.0428. The van der Waals surface area contributed by atoms with E-state index in [9.17, 15) is 0 Å². The molecule has 0 saturated heterocycles. The average molecular weight is 319 g/mol. The van der Waals surface area contributed by atoms with E-state index in [1.54, 1.807) is 0 Å². The molecule has 2 aliphatic rings. The molecule has 3 rings (SSSR count). The molecule has 1 aromatic carbocycles. The third-order valence-corrected chi connectivity index (χ3v) is 3.88. The van der Waals surface area contributed by atoms with Gasteiger partial charge in [0.1, 0.15) is 0 Å². The molecule has 0 amide bonds. The summed E-state index contributed by atoms with van der Waals surface area (Å²) < 4.78 is 17.0. The van der Waals surface area contributed by atoms with E-state index in [-0.39, 0.29) is 12.1 Å². The van der Waals surface area contributed by atoms with Gasteiger partial charge in [-0.3, -0.25) is 0 Å². The first-order valence-corrected chi connectivity index (χ1v) is 8.25. The highest BCUT2D eigenvalue weighted by Crippen LogP contribution is 2.32. The molecule has 23 heavy (non-hydrogen) atoms. The van der Waals surface area contributed by atoms with Crippen molar-refractivity contribution in [3.63, 3.8) is 0 Å². The number of benzene rings is 1. The summed E-state index contributed by atoms with van der Waals surface area (Å²) >= 11 is 0. The maximum Gasteiger partial charge on any atom is 0.193 e. The van der Waals surface area contributed by atoms with Crippen LogP contribution >= 0.6 is 0 Å². The van der Waals surface area contributed by atoms with E-state index in [0.717, 1.165) is 36.4 Å². The molecular formula is C17H25N3O3. The Hall–Kier alpha value is -1.95. The Morgan fingerprint density at radius 2 is 2.00 bits per heavy atom. The summed E-state index contributed by atoms with van der Waals surface area (Å²) in [7, 11) is 0. The van der Waals surface area contributed by atoms with Gasteiger partial charge in [0, 0.05) is 18.2 Å². The predicted molar refractivity (Wildman–Crippen MR) is 90.3 cm³/mol. The Kier molecular flexibility index (Phi) is 4.91. The topological polar surface area (TPSA) is 78.1 Å². The van der Waals surface area contributed by atoms with Crippen LogP contribution in [-0.2, 0) is 4.74 Å². The molecule has 0 spiro atoms. The number of anilines is 1. The van der Waals surface area contributed by atoms with Crippen molar-refractivity contribution in [1.29, 1.82) is 0 Å². The fourth-order valence-corrected chi connectivity index (χ4v) is 2.76. The zero-order valence-corrected chi connectivity index (χ0v) is 13.7. The Labute approximate surface area is 137 Å². The van der Waals surface area contributed by atoms with Gasteiger partial charge in [-0.1, -0.05) is 0 Å². The summed E-state index contributed by atoms with van der Waals surface area (Å²) in [4.78, 5) is 4.50. The van der Waals surface area contributed by atoms with E-state index in [4.69, 9.17) is 19.9 Å². The number of hydrogen-bond donors (Lipinski definition) is 2. The van der Waals surface area contributed by atoms with Gasteiger partial charge < -0.3 is 25.3 Å². The normalized spacial score (nSPS) is 24.0. The number of nitrogens with two attached hydrogens (primary N) is 1. The highest BCUT2D eigenvalue weighted by atomic mass is 16.5. The number of rotatable bonds is 4. The minimum Gasteiger partial charge on any atom is -0.490 e. The van der Waals surface area contributed by atoms with E-state index in [2.05, 4.69) is 24.2 Å². The summed E-state index contributed by atoms with van der Waals surface area (Å²) in [5, 5.41) is 3.12. The smallest absolute Gasteiger partial charge is 0.193 e. The molecule has 1 saturated carbocycles. The monoisotopic (exact) mass is 319 g/mol. The van der Waals surface area contributed by atoms with Crippen molar-refractivity contribution in [3.05, 3.63) is 18.2 Å². The van der Waals surface area contributed by atoms with Crippen LogP contribution in [0.5, 0.6) is 11.5 Å². The van der Waals surface area contributed by atoms with Crippen LogP contribution in [0.3, 0.4) is 0 Å². The quantitative estimate of drug-likeness (QED) is 0.658. The lowest BCUT2D eigenvalue weighted by Crippen LogP contribution is -2.38. The molecule has 126 valence electrons. The molecule has 1 aliphatic heterocycles. The van der Waals surface area contributed by atoms with E-state index in [1.807, 2.05) is 18.2 Å². The minimum absolute atomic E-state index is 0.242. The van der Waals surface area contributed by atoms with Crippen molar-refractivity contribution in [2.75, 3.05) is 18.5 Å². The van der Waals surface area contributed by atoms with Crippen LogP contribution in [0.1, 0.15) is 33.1 Å². The summed E-state index contributed by atoms with van der Waals surface area (Å²) in [6.45, 7) is 5.46. The Balaban J connectivity index is 1.55. The molecule has 1 fully saturated rings. The second kappa shape index (κ2) is 7.08. The number of aliphatic imine (C=N–C) groups is 1. The number of nitrogens with zero attached hydrogens (tertiary/aromatic N) is 1. The van der Waals surface area contributed by atoms with E-state index < -0.39 is 0 Å². The molecule has 0 unspecified atom stereocenters. The summed E-state index contributed by atoms with van der Waals surface area (Å²) in [5.41, 5.74) is 6.85. The van der Waals surface area contributed by atoms with Crippen molar-refractivity contribution in [2.24, 2.45) is 10.7 Å². The fraction of sp³-hybridized carbons (Fsp3) is 0.588. The molecule has 1 aromatic rings. The van der Waals surface area contributed by atoms with E-state index >= 15 is 0 Å². The van der Waals surface area contributed by atoms with Gasteiger partial charge in [-0.25, -0.2) is 4.99 Å². The van der Waals surface area contributed by atoms with Gasteiger partial charge in [0.15, 0.2) is 17.5 Å². The first-order chi connectivity index (χ1) is 11.1. The van der Waals surface area contributed by atoms with E-state index in [1.165, 1.54) is 0 Å². The predicted octanol–water partition coefficient (Wildman–Crippen LogP) is 2.53. The highest BCUT2D eigenvalue weighted by Gasteiger charge is 2.30. The number of fused-ring (bicyclic) bond motifs is 1. The molecule has 0 radical (unpaired) electrons. The third kappa shape index (κ3) is 4.28. The lowest BCUT2D eigenvalue weighted by atomic mass is 9.90. The van der Waals surface area contributed by atoms with Crippen molar-refractivity contribution < 1.29 is 14.2 Å². The summed E-state index contributed by atoms with van der Waals surface area (Å²) in [5.74, 6) is 1.94. The van der Waals surface area contributed by atoms with E-state index in [0.29, 0.717) is 25.3 Å². The highest BCUT2D eigenvalue weighted by molar-refractivity contribution is 5.92. The van der Waals surface area contributed by atoms with Gasteiger partial charge >= 0.3 is 0 Å². The Morgan fingerprint density at radius 1 is 1.26 bits per heavy atom. The first kappa shape index (κ1) is 15.9. The SMILES string of the molecule is CC(C)OC1CC(N=C(N)Nc2ccc3c(c2)OCCCO3)C1. The molecule has 6 nitrogen and oxygen atoms in total. The maximum atomic E-state index is 6.00. The molecule has 1 aliphatic carbocycles. The number of guanidine groups is 1. The molecule has 0 atom stereocenters. The lowest BCUT2D eigenvalue weighted by Gasteiger charge is -2.33.